The van der Waals surface area contributed by atoms with Gasteiger partial charge >= 0.3 is 12.1 Å². The highest BCUT2D eigenvalue weighted by Gasteiger charge is 2.43. The van der Waals surface area contributed by atoms with E-state index in [2.05, 4.69) is 25.6 Å². The summed E-state index contributed by atoms with van der Waals surface area (Å²) in [6.45, 7) is 0. The van der Waals surface area contributed by atoms with Gasteiger partial charge in [0.2, 0.25) is 0 Å². The number of methoxy groups -OCH3 is 1. The quantitative estimate of drug-likeness (QED) is 0.611. The molecule has 2 aromatic heterocycles. The van der Waals surface area contributed by atoms with Crippen LogP contribution in [0.25, 0.3) is 0 Å². The van der Waals surface area contributed by atoms with Crippen molar-refractivity contribution in [3.8, 4) is 6.07 Å². The van der Waals surface area contributed by atoms with Crippen molar-refractivity contribution in [3.63, 3.8) is 0 Å². The van der Waals surface area contributed by atoms with E-state index < -0.39 is 12.1 Å². The van der Waals surface area contributed by atoms with Crippen LogP contribution in [0, 0.1) is 11.3 Å². The Morgan fingerprint density at radius 1 is 1.16 bits per heavy atom. The standard InChI is InChI=1S/C20H21N7O4/c1-31-19(28)15-9-24-17(26-18-10-22-12(7-21)8-23-18)6-16(15)25-11-4-13-2-3-14(5-11)27(13)20(29)30/h6,8-11,13-14H,2-5H2,1H3,(H,29,30)(H2,23,24,25,26). The van der Waals surface area contributed by atoms with Crippen LogP contribution in [0.15, 0.2) is 24.7 Å². The number of anilines is 3. The van der Waals surface area contributed by atoms with Gasteiger partial charge in [0.15, 0.2) is 5.69 Å². The number of hydrogen-bond acceptors (Lipinski definition) is 9. The van der Waals surface area contributed by atoms with Crippen LogP contribution in [-0.4, -0.2) is 62.3 Å². The third-order valence-electron chi connectivity index (χ3n) is 5.65. The molecule has 2 fully saturated rings. The second-order valence-electron chi connectivity index (χ2n) is 7.52. The number of piperidine rings is 1. The van der Waals surface area contributed by atoms with Gasteiger partial charge in [-0.15, -0.1) is 0 Å². The molecule has 11 nitrogen and oxygen atoms in total. The second kappa shape index (κ2) is 8.43. The zero-order chi connectivity index (χ0) is 22.0. The highest BCUT2D eigenvalue weighted by molar-refractivity contribution is 5.96. The Kier molecular flexibility index (Phi) is 5.53. The molecule has 2 atom stereocenters. The SMILES string of the molecule is COC(=O)c1cnc(Nc2cnc(C#N)cn2)cc1NC1CC2CCC(C1)N2C(=O)O. The minimum atomic E-state index is -0.875. The number of carbonyl (C=O) groups excluding carboxylic acids is 1. The van der Waals surface area contributed by atoms with E-state index in [1.165, 1.54) is 25.7 Å². The van der Waals surface area contributed by atoms with E-state index in [1.807, 2.05) is 6.07 Å². The van der Waals surface area contributed by atoms with Gasteiger partial charge in [0.1, 0.15) is 23.3 Å². The summed E-state index contributed by atoms with van der Waals surface area (Å²) in [6.07, 6.45) is 6.32. The van der Waals surface area contributed by atoms with E-state index in [1.54, 1.807) is 11.0 Å². The highest BCUT2D eigenvalue weighted by Crippen LogP contribution is 2.37. The van der Waals surface area contributed by atoms with Crippen molar-refractivity contribution >= 4 is 29.4 Å². The maximum Gasteiger partial charge on any atom is 0.407 e. The number of fused-ring (bicyclic) bond motifs is 2. The van der Waals surface area contributed by atoms with Crippen LogP contribution in [0.3, 0.4) is 0 Å². The summed E-state index contributed by atoms with van der Waals surface area (Å²) in [7, 11) is 1.30. The van der Waals surface area contributed by atoms with Gasteiger partial charge in [-0.2, -0.15) is 5.26 Å². The van der Waals surface area contributed by atoms with Crippen molar-refractivity contribution in [2.45, 2.75) is 43.8 Å². The molecule has 11 heteroatoms. The molecule has 160 valence electrons. The molecule has 31 heavy (non-hydrogen) atoms. The summed E-state index contributed by atoms with van der Waals surface area (Å²) in [5, 5.41) is 24.7. The first kappa shape index (κ1) is 20.3. The molecular formula is C20H21N7O4. The molecule has 2 bridgehead atoms. The molecule has 2 aliphatic heterocycles. The molecule has 4 rings (SSSR count). The lowest BCUT2D eigenvalue weighted by molar-refractivity contribution is 0.0601. The van der Waals surface area contributed by atoms with E-state index in [4.69, 9.17) is 10.00 Å². The lowest BCUT2D eigenvalue weighted by Crippen LogP contribution is -2.49. The molecule has 1 amide bonds. The molecule has 0 aromatic carbocycles. The molecule has 2 unspecified atom stereocenters. The average Bonchev–Trinajstić information content (AvgIpc) is 3.05. The van der Waals surface area contributed by atoms with Crippen LogP contribution in [0.4, 0.5) is 22.1 Å². The van der Waals surface area contributed by atoms with Gasteiger partial charge in [0.05, 0.1) is 25.2 Å². The summed E-state index contributed by atoms with van der Waals surface area (Å²) in [4.78, 5) is 37.6. The minimum absolute atomic E-state index is 0.0152. The predicted molar refractivity (Wildman–Crippen MR) is 109 cm³/mol. The smallest absolute Gasteiger partial charge is 0.407 e. The van der Waals surface area contributed by atoms with Crippen LogP contribution in [-0.2, 0) is 4.74 Å². The van der Waals surface area contributed by atoms with Crippen molar-refractivity contribution in [2.24, 2.45) is 0 Å². The molecule has 3 N–H and O–H groups in total. The number of ether oxygens (including phenoxy) is 1. The van der Waals surface area contributed by atoms with E-state index in [0.717, 1.165) is 12.8 Å². The van der Waals surface area contributed by atoms with Crippen LogP contribution in [0.2, 0.25) is 0 Å². The van der Waals surface area contributed by atoms with Gasteiger partial charge in [-0.05, 0) is 25.7 Å². The molecule has 2 aliphatic rings. The molecule has 0 aliphatic carbocycles. The molecule has 2 saturated heterocycles. The summed E-state index contributed by atoms with van der Waals surface area (Å²) < 4.78 is 4.87. The first-order chi connectivity index (χ1) is 15.0. The normalized spacial score (nSPS) is 21.8. The van der Waals surface area contributed by atoms with E-state index >= 15 is 0 Å². The highest BCUT2D eigenvalue weighted by atomic mass is 16.5. The zero-order valence-corrected chi connectivity index (χ0v) is 16.8. The number of amides is 1. The number of pyridine rings is 1. The Morgan fingerprint density at radius 3 is 2.45 bits per heavy atom. The molecular weight excluding hydrogens is 402 g/mol. The number of hydrogen-bond donors (Lipinski definition) is 3. The van der Waals surface area contributed by atoms with Crippen LogP contribution < -0.4 is 10.6 Å². The van der Waals surface area contributed by atoms with E-state index in [9.17, 15) is 14.7 Å². The molecule has 2 aromatic rings. The first-order valence-electron chi connectivity index (χ1n) is 9.83. The van der Waals surface area contributed by atoms with Crippen molar-refractivity contribution in [1.82, 2.24) is 19.9 Å². The number of esters is 1. The van der Waals surface area contributed by atoms with Crippen molar-refractivity contribution < 1.29 is 19.4 Å². The number of carbonyl (C=O) groups is 2. The third kappa shape index (κ3) is 4.18. The van der Waals surface area contributed by atoms with Gasteiger partial charge in [0, 0.05) is 30.4 Å². The Hall–Kier alpha value is -3.94. The van der Waals surface area contributed by atoms with Crippen molar-refractivity contribution in [3.05, 3.63) is 35.9 Å². The Labute approximate surface area is 178 Å². The fourth-order valence-corrected chi connectivity index (χ4v) is 4.32. The Morgan fingerprint density at radius 2 is 1.87 bits per heavy atom. The van der Waals surface area contributed by atoms with Crippen LogP contribution in [0.5, 0.6) is 0 Å². The topological polar surface area (TPSA) is 153 Å². The van der Waals surface area contributed by atoms with E-state index in [0.29, 0.717) is 30.2 Å². The van der Waals surface area contributed by atoms with Gasteiger partial charge in [-0.3, -0.25) is 0 Å². The fourth-order valence-electron chi connectivity index (χ4n) is 4.32. The minimum Gasteiger partial charge on any atom is -0.465 e. The monoisotopic (exact) mass is 423 g/mol. The number of rotatable bonds is 5. The van der Waals surface area contributed by atoms with Crippen molar-refractivity contribution in [2.75, 3.05) is 17.7 Å². The van der Waals surface area contributed by atoms with Crippen molar-refractivity contribution in [1.29, 1.82) is 5.26 Å². The second-order valence-corrected chi connectivity index (χ2v) is 7.52. The summed E-state index contributed by atoms with van der Waals surface area (Å²) >= 11 is 0. The zero-order valence-electron chi connectivity index (χ0n) is 16.8. The first-order valence-corrected chi connectivity index (χ1v) is 9.83. The number of nitrogens with one attached hydrogen (secondary N) is 2. The predicted octanol–water partition coefficient (Wildman–Crippen LogP) is 2.36. The summed E-state index contributed by atoms with van der Waals surface area (Å²) in [5.74, 6) is 0.307. The average molecular weight is 423 g/mol. The Bertz CT molecular complexity index is 1020. The molecule has 0 spiro atoms. The lowest BCUT2D eigenvalue weighted by atomic mass is 9.97. The number of aromatic nitrogens is 3. The van der Waals surface area contributed by atoms with Gasteiger partial charge in [0.25, 0.3) is 0 Å². The maximum atomic E-state index is 12.2. The summed E-state index contributed by atoms with van der Waals surface area (Å²) in [6, 6.07) is 3.55. The van der Waals surface area contributed by atoms with Gasteiger partial charge in [-0.1, -0.05) is 0 Å². The fraction of sp³-hybridized carbons (Fsp3) is 0.400. The van der Waals surface area contributed by atoms with Crippen LogP contribution in [0.1, 0.15) is 41.7 Å². The molecule has 4 heterocycles. The van der Waals surface area contributed by atoms with Gasteiger partial charge < -0.3 is 25.4 Å². The number of carboxylic acid groups (broad SMARTS) is 1. The van der Waals surface area contributed by atoms with Crippen LogP contribution >= 0.6 is 0 Å². The van der Waals surface area contributed by atoms with Gasteiger partial charge in [-0.25, -0.2) is 24.5 Å². The maximum absolute atomic E-state index is 12.2. The number of nitriles is 1. The van der Waals surface area contributed by atoms with E-state index in [-0.39, 0.29) is 29.4 Å². The molecule has 0 radical (unpaired) electrons. The number of nitrogens with zero attached hydrogens (tertiary/aromatic N) is 5. The Balaban J connectivity index is 1.55. The largest absolute Gasteiger partial charge is 0.465 e. The third-order valence-corrected chi connectivity index (χ3v) is 5.65. The summed E-state index contributed by atoms with van der Waals surface area (Å²) in [5.41, 5.74) is 1.02. The molecule has 0 saturated carbocycles. The lowest BCUT2D eigenvalue weighted by Gasteiger charge is -2.37.